The van der Waals surface area contributed by atoms with Crippen molar-refractivity contribution < 1.29 is 14.3 Å². The van der Waals surface area contributed by atoms with Gasteiger partial charge in [-0.15, -0.1) is 0 Å². The molecule has 0 unspecified atom stereocenters. The molecule has 0 radical (unpaired) electrons. The van der Waals surface area contributed by atoms with Crippen LogP contribution in [0.15, 0.2) is 24.4 Å². The minimum atomic E-state index is -0.209. The third-order valence-corrected chi connectivity index (χ3v) is 3.22. The number of benzene rings is 1. The van der Waals surface area contributed by atoms with Crippen LogP contribution in [-0.2, 0) is 6.42 Å². The van der Waals surface area contributed by atoms with E-state index in [1.165, 1.54) is 6.20 Å². The third-order valence-electron chi connectivity index (χ3n) is 2.74. The van der Waals surface area contributed by atoms with Gasteiger partial charge in [-0.2, -0.15) is 8.75 Å². The summed E-state index contributed by atoms with van der Waals surface area (Å²) in [6.45, 7) is 0.520. The molecular weight excluding hydrogens is 278 g/mol. The largest absolute Gasteiger partial charge is 0.493 e. The summed E-state index contributed by atoms with van der Waals surface area (Å²) in [5, 5.41) is 2.79. The number of hydrogen-bond acceptors (Lipinski definition) is 6. The number of ether oxygens (including phenoxy) is 2. The van der Waals surface area contributed by atoms with E-state index in [9.17, 15) is 4.79 Å². The smallest absolute Gasteiger partial charge is 0.272 e. The van der Waals surface area contributed by atoms with Crippen molar-refractivity contribution in [3.63, 3.8) is 0 Å². The monoisotopic (exact) mass is 293 g/mol. The van der Waals surface area contributed by atoms with Gasteiger partial charge in [0.05, 0.1) is 32.1 Å². The summed E-state index contributed by atoms with van der Waals surface area (Å²) in [7, 11) is 3.19. The molecule has 7 heteroatoms. The van der Waals surface area contributed by atoms with Crippen molar-refractivity contribution in [2.45, 2.75) is 6.42 Å². The predicted octanol–water partition coefficient (Wildman–Crippen LogP) is 1.53. The summed E-state index contributed by atoms with van der Waals surface area (Å²) in [4.78, 5) is 11.7. The number of nitrogens with one attached hydrogen (secondary N) is 1. The van der Waals surface area contributed by atoms with E-state index < -0.39 is 0 Å². The van der Waals surface area contributed by atoms with Gasteiger partial charge in [-0.25, -0.2) is 0 Å². The maximum absolute atomic E-state index is 11.7. The Kier molecular flexibility index (Phi) is 4.89. The highest BCUT2D eigenvalue weighted by molar-refractivity contribution is 6.99. The lowest BCUT2D eigenvalue weighted by atomic mass is 10.1. The van der Waals surface area contributed by atoms with Crippen LogP contribution in [0, 0.1) is 0 Å². The molecule has 0 bridgehead atoms. The zero-order chi connectivity index (χ0) is 14.4. The quantitative estimate of drug-likeness (QED) is 0.874. The molecule has 6 nitrogen and oxygen atoms in total. The Morgan fingerprint density at radius 3 is 2.75 bits per heavy atom. The summed E-state index contributed by atoms with van der Waals surface area (Å²) in [6, 6.07) is 5.69. The fourth-order valence-electron chi connectivity index (χ4n) is 1.71. The van der Waals surface area contributed by atoms with E-state index >= 15 is 0 Å². The zero-order valence-electron chi connectivity index (χ0n) is 11.3. The first-order chi connectivity index (χ1) is 9.74. The molecule has 1 amide bonds. The first-order valence-corrected chi connectivity index (χ1v) is 6.74. The van der Waals surface area contributed by atoms with Crippen molar-refractivity contribution >= 4 is 17.6 Å². The normalized spacial score (nSPS) is 10.1. The SMILES string of the molecule is COc1ccc(CCNC(=O)c2cnsn2)cc1OC. The maximum atomic E-state index is 11.7. The van der Waals surface area contributed by atoms with Gasteiger partial charge in [0.1, 0.15) is 0 Å². The van der Waals surface area contributed by atoms with Gasteiger partial charge in [-0.3, -0.25) is 4.79 Å². The number of carbonyl (C=O) groups excluding carboxylic acids is 1. The van der Waals surface area contributed by atoms with Gasteiger partial charge >= 0.3 is 0 Å². The van der Waals surface area contributed by atoms with Crippen LogP contribution in [-0.4, -0.2) is 35.4 Å². The standard InChI is InChI=1S/C13H15N3O3S/c1-18-11-4-3-9(7-12(11)19-2)5-6-14-13(17)10-8-15-20-16-10/h3-4,7-8H,5-6H2,1-2H3,(H,14,17). The molecule has 0 atom stereocenters. The molecule has 1 aromatic heterocycles. The summed E-state index contributed by atoms with van der Waals surface area (Å²) in [5.74, 6) is 1.16. The molecule has 0 saturated carbocycles. The van der Waals surface area contributed by atoms with Crippen molar-refractivity contribution in [2.24, 2.45) is 0 Å². The molecule has 1 N–H and O–H groups in total. The van der Waals surface area contributed by atoms with Crippen LogP contribution in [0.5, 0.6) is 11.5 Å². The number of nitrogens with zero attached hydrogens (tertiary/aromatic N) is 2. The van der Waals surface area contributed by atoms with E-state index in [1.54, 1.807) is 14.2 Å². The second-order valence-electron chi connectivity index (χ2n) is 3.99. The molecule has 0 saturated heterocycles. The van der Waals surface area contributed by atoms with E-state index in [4.69, 9.17) is 9.47 Å². The predicted molar refractivity (Wildman–Crippen MR) is 75.5 cm³/mol. The van der Waals surface area contributed by atoms with Gasteiger partial charge in [0.25, 0.3) is 5.91 Å². The minimum absolute atomic E-state index is 0.209. The molecule has 1 heterocycles. The summed E-state index contributed by atoms with van der Waals surface area (Å²) < 4.78 is 18.1. The summed E-state index contributed by atoms with van der Waals surface area (Å²) >= 11 is 1.02. The Morgan fingerprint density at radius 1 is 1.30 bits per heavy atom. The average molecular weight is 293 g/mol. The molecule has 2 aromatic rings. The number of aromatic nitrogens is 2. The van der Waals surface area contributed by atoms with Crippen LogP contribution in [0.1, 0.15) is 16.1 Å². The Bertz CT molecular complexity index is 572. The van der Waals surface area contributed by atoms with Gasteiger partial charge in [-0.05, 0) is 24.1 Å². The minimum Gasteiger partial charge on any atom is -0.493 e. The molecule has 0 aliphatic heterocycles. The topological polar surface area (TPSA) is 73.3 Å². The van der Waals surface area contributed by atoms with Gasteiger partial charge < -0.3 is 14.8 Å². The van der Waals surface area contributed by atoms with Crippen LogP contribution < -0.4 is 14.8 Å². The molecule has 0 aliphatic rings. The number of methoxy groups -OCH3 is 2. The Hall–Kier alpha value is -2.15. The molecule has 106 valence electrons. The first kappa shape index (κ1) is 14.3. The molecular formula is C13H15N3O3S. The van der Waals surface area contributed by atoms with E-state index in [2.05, 4.69) is 14.1 Å². The van der Waals surface area contributed by atoms with E-state index in [1.807, 2.05) is 18.2 Å². The molecule has 2 rings (SSSR count). The van der Waals surface area contributed by atoms with Crippen molar-refractivity contribution in [3.8, 4) is 11.5 Å². The van der Waals surface area contributed by atoms with E-state index in [-0.39, 0.29) is 5.91 Å². The Morgan fingerprint density at radius 2 is 2.10 bits per heavy atom. The Balaban J connectivity index is 1.89. The lowest BCUT2D eigenvalue weighted by Gasteiger charge is -2.09. The number of rotatable bonds is 6. The number of hydrogen-bond donors (Lipinski definition) is 1. The fourth-order valence-corrected chi connectivity index (χ4v) is 2.12. The van der Waals surface area contributed by atoms with Crippen LogP contribution in [0.4, 0.5) is 0 Å². The van der Waals surface area contributed by atoms with Crippen LogP contribution >= 0.6 is 11.7 Å². The molecule has 0 fully saturated rings. The Labute approximate surface area is 121 Å². The van der Waals surface area contributed by atoms with Crippen LogP contribution in [0.2, 0.25) is 0 Å². The first-order valence-electron chi connectivity index (χ1n) is 6.01. The van der Waals surface area contributed by atoms with E-state index in [0.717, 1.165) is 17.3 Å². The van der Waals surface area contributed by atoms with Gasteiger partial charge in [0.2, 0.25) is 0 Å². The zero-order valence-corrected chi connectivity index (χ0v) is 12.1. The number of amides is 1. The highest BCUT2D eigenvalue weighted by atomic mass is 32.1. The third kappa shape index (κ3) is 3.45. The lowest BCUT2D eigenvalue weighted by Crippen LogP contribution is -2.25. The highest BCUT2D eigenvalue weighted by Crippen LogP contribution is 2.27. The molecule has 20 heavy (non-hydrogen) atoms. The molecule has 1 aromatic carbocycles. The van der Waals surface area contributed by atoms with Gasteiger partial charge in [0.15, 0.2) is 17.2 Å². The van der Waals surface area contributed by atoms with Gasteiger partial charge in [-0.1, -0.05) is 6.07 Å². The maximum Gasteiger partial charge on any atom is 0.272 e. The van der Waals surface area contributed by atoms with Crippen molar-refractivity contribution in [1.29, 1.82) is 0 Å². The lowest BCUT2D eigenvalue weighted by molar-refractivity contribution is 0.0950. The van der Waals surface area contributed by atoms with Crippen LogP contribution in [0.25, 0.3) is 0 Å². The van der Waals surface area contributed by atoms with Crippen molar-refractivity contribution in [2.75, 3.05) is 20.8 Å². The van der Waals surface area contributed by atoms with Crippen molar-refractivity contribution in [3.05, 3.63) is 35.7 Å². The van der Waals surface area contributed by atoms with Gasteiger partial charge in [0, 0.05) is 6.54 Å². The molecule has 0 aliphatic carbocycles. The number of carbonyl (C=O) groups is 1. The van der Waals surface area contributed by atoms with Crippen LogP contribution in [0.3, 0.4) is 0 Å². The highest BCUT2D eigenvalue weighted by Gasteiger charge is 2.08. The average Bonchev–Trinajstić information content (AvgIpc) is 3.01. The van der Waals surface area contributed by atoms with E-state index in [0.29, 0.717) is 30.2 Å². The second kappa shape index (κ2) is 6.85. The fraction of sp³-hybridized carbons (Fsp3) is 0.308. The van der Waals surface area contributed by atoms with Crippen molar-refractivity contribution in [1.82, 2.24) is 14.1 Å². The second-order valence-corrected chi connectivity index (χ2v) is 4.54. The summed E-state index contributed by atoms with van der Waals surface area (Å²) in [6.07, 6.45) is 2.15. The summed E-state index contributed by atoms with van der Waals surface area (Å²) in [5.41, 5.74) is 1.40. The molecule has 0 spiro atoms.